The molecule has 72 valence electrons. The summed E-state index contributed by atoms with van der Waals surface area (Å²) in [5.41, 5.74) is 6.82. The highest BCUT2D eigenvalue weighted by molar-refractivity contribution is 6.32. The minimum absolute atomic E-state index is 0.0526. The van der Waals surface area contributed by atoms with Crippen molar-refractivity contribution in [2.75, 3.05) is 0 Å². The highest BCUT2D eigenvalue weighted by atomic mass is 35.5. The molecular formula is C10H14ClNO. The molecule has 0 spiro atoms. The molecule has 0 aromatic heterocycles. The van der Waals surface area contributed by atoms with Crippen LogP contribution in [0.3, 0.4) is 0 Å². The summed E-state index contributed by atoms with van der Waals surface area (Å²) in [6.45, 7) is 4.08. The summed E-state index contributed by atoms with van der Waals surface area (Å²) in [5.74, 6) is 0.441. The third-order valence-electron chi connectivity index (χ3n) is 2.07. The Morgan fingerprint density at radius 3 is 2.46 bits per heavy atom. The maximum Gasteiger partial charge on any atom is 0.134 e. The maximum absolute atomic E-state index is 9.34. The molecule has 0 heterocycles. The molecule has 1 atom stereocenters. The van der Waals surface area contributed by atoms with Crippen LogP contribution in [0.15, 0.2) is 18.2 Å². The van der Waals surface area contributed by atoms with Crippen LogP contribution >= 0.6 is 11.6 Å². The summed E-state index contributed by atoms with van der Waals surface area (Å²) in [6, 6.07) is 5.07. The minimum Gasteiger partial charge on any atom is -0.506 e. The van der Waals surface area contributed by atoms with Crippen molar-refractivity contribution in [3.05, 3.63) is 28.8 Å². The predicted molar refractivity (Wildman–Crippen MR) is 54.9 cm³/mol. The largest absolute Gasteiger partial charge is 0.506 e. The zero-order chi connectivity index (χ0) is 10.0. The van der Waals surface area contributed by atoms with Gasteiger partial charge < -0.3 is 10.8 Å². The minimum atomic E-state index is -0.0526. The van der Waals surface area contributed by atoms with E-state index in [0.717, 1.165) is 5.56 Å². The second kappa shape index (κ2) is 3.99. The summed E-state index contributed by atoms with van der Waals surface area (Å²) in [6.07, 6.45) is 0. The number of aromatic hydroxyl groups is 1. The second-order valence-electron chi connectivity index (χ2n) is 3.48. The first-order chi connectivity index (χ1) is 6.02. The summed E-state index contributed by atoms with van der Waals surface area (Å²) in [7, 11) is 0. The molecule has 0 fully saturated rings. The van der Waals surface area contributed by atoms with E-state index in [-0.39, 0.29) is 11.8 Å². The second-order valence-corrected chi connectivity index (χ2v) is 3.89. The number of rotatable bonds is 2. The average molecular weight is 200 g/mol. The average Bonchev–Trinajstić information content (AvgIpc) is 2.08. The normalized spacial score (nSPS) is 13.3. The van der Waals surface area contributed by atoms with E-state index in [9.17, 15) is 5.11 Å². The standard InChI is InChI=1S/C10H14ClNO/c1-6(2)10(12)7-3-4-8(11)9(13)5-7/h3-6,10,13H,12H2,1-2H3/t10-/m1/s1. The predicted octanol–water partition coefficient (Wildman–Crippen LogP) is 2.70. The van der Waals surface area contributed by atoms with Crippen LogP contribution in [-0.2, 0) is 0 Å². The highest BCUT2D eigenvalue weighted by Gasteiger charge is 2.11. The lowest BCUT2D eigenvalue weighted by Gasteiger charge is -2.16. The van der Waals surface area contributed by atoms with Crippen molar-refractivity contribution in [3.63, 3.8) is 0 Å². The fraction of sp³-hybridized carbons (Fsp3) is 0.400. The van der Waals surface area contributed by atoms with Gasteiger partial charge in [-0.1, -0.05) is 31.5 Å². The highest BCUT2D eigenvalue weighted by Crippen LogP contribution is 2.28. The van der Waals surface area contributed by atoms with Gasteiger partial charge in [0.2, 0.25) is 0 Å². The number of phenolic OH excluding ortho intramolecular Hbond substituents is 1. The summed E-state index contributed by atoms with van der Waals surface area (Å²) in [4.78, 5) is 0. The SMILES string of the molecule is CC(C)[C@@H](N)c1ccc(Cl)c(O)c1. The van der Waals surface area contributed by atoms with Crippen LogP contribution in [0, 0.1) is 5.92 Å². The molecule has 0 bridgehead atoms. The van der Waals surface area contributed by atoms with Crippen molar-refractivity contribution in [3.8, 4) is 5.75 Å². The Labute approximate surface area is 83.3 Å². The molecule has 0 saturated carbocycles. The van der Waals surface area contributed by atoms with Crippen LogP contribution in [-0.4, -0.2) is 5.11 Å². The van der Waals surface area contributed by atoms with Gasteiger partial charge in [-0.3, -0.25) is 0 Å². The van der Waals surface area contributed by atoms with E-state index in [1.807, 2.05) is 19.9 Å². The number of hydrogen-bond donors (Lipinski definition) is 2. The van der Waals surface area contributed by atoms with E-state index in [2.05, 4.69) is 0 Å². The quantitative estimate of drug-likeness (QED) is 0.770. The van der Waals surface area contributed by atoms with Gasteiger partial charge >= 0.3 is 0 Å². The van der Waals surface area contributed by atoms with Crippen molar-refractivity contribution >= 4 is 11.6 Å². The number of phenols is 1. The fourth-order valence-electron chi connectivity index (χ4n) is 1.12. The Balaban J connectivity index is 2.97. The lowest BCUT2D eigenvalue weighted by Crippen LogP contribution is -2.16. The Morgan fingerprint density at radius 1 is 1.38 bits per heavy atom. The Hall–Kier alpha value is -0.730. The monoisotopic (exact) mass is 199 g/mol. The molecule has 13 heavy (non-hydrogen) atoms. The lowest BCUT2D eigenvalue weighted by atomic mass is 9.97. The van der Waals surface area contributed by atoms with Gasteiger partial charge in [-0.15, -0.1) is 0 Å². The van der Waals surface area contributed by atoms with Crippen molar-refractivity contribution in [2.45, 2.75) is 19.9 Å². The number of hydrogen-bond acceptors (Lipinski definition) is 2. The van der Waals surface area contributed by atoms with E-state index in [0.29, 0.717) is 10.9 Å². The molecule has 0 amide bonds. The third-order valence-corrected chi connectivity index (χ3v) is 2.39. The maximum atomic E-state index is 9.34. The van der Waals surface area contributed by atoms with Crippen molar-refractivity contribution in [1.82, 2.24) is 0 Å². The first-order valence-electron chi connectivity index (χ1n) is 4.26. The lowest BCUT2D eigenvalue weighted by molar-refractivity contribution is 0.469. The van der Waals surface area contributed by atoms with E-state index < -0.39 is 0 Å². The summed E-state index contributed by atoms with van der Waals surface area (Å²) < 4.78 is 0. The van der Waals surface area contributed by atoms with Gasteiger partial charge in [0.05, 0.1) is 5.02 Å². The molecule has 1 aromatic carbocycles. The van der Waals surface area contributed by atoms with Crippen molar-refractivity contribution < 1.29 is 5.11 Å². The van der Waals surface area contributed by atoms with Crippen LogP contribution in [0.2, 0.25) is 5.02 Å². The molecular weight excluding hydrogens is 186 g/mol. The molecule has 0 aliphatic heterocycles. The smallest absolute Gasteiger partial charge is 0.134 e. The van der Waals surface area contributed by atoms with Gasteiger partial charge in [0, 0.05) is 6.04 Å². The van der Waals surface area contributed by atoms with E-state index in [1.165, 1.54) is 0 Å². The zero-order valence-electron chi connectivity index (χ0n) is 7.79. The molecule has 3 N–H and O–H groups in total. The van der Waals surface area contributed by atoms with Gasteiger partial charge in [0.1, 0.15) is 5.75 Å². The number of nitrogens with two attached hydrogens (primary N) is 1. The molecule has 0 unspecified atom stereocenters. The van der Waals surface area contributed by atoms with Crippen LogP contribution in [0.25, 0.3) is 0 Å². The first-order valence-corrected chi connectivity index (χ1v) is 4.64. The van der Waals surface area contributed by atoms with Gasteiger partial charge in [-0.2, -0.15) is 0 Å². The van der Waals surface area contributed by atoms with Gasteiger partial charge in [-0.25, -0.2) is 0 Å². The molecule has 2 nitrogen and oxygen atoms in total. The Morgan fingerprint density at radius 2 is 2.00 bits per heavy atom. The van der Waals surface area contributed by atoms with E-state index in [4.69, 9.17) is 17.3 Å². The summed E-state index contributed by atoms with van der Waals surface area (Å²) in [5, 5.41) is 9.70. The third kappa shape index (κ3) is 2.36. The van der Waals surface area contributed by atoms with E-state index >= 15 is 0 Å². The van der Waals surface area contributed by atoms with Crippen LogP contribution in [0.5, 0.6) is 5.75 Å². The number of halogens is 1. The Kier molecular flexibility index (Phi) is 3.17. The molecule has 0 aliphatic carbocycles. The van der Waals surface area contributed by atoms with Crippen LogP contribution in [0.4, 0.5) is 0 Å². The molecule has 1 aromatic rings. The fourth-order valence-corrected chi connectivity index (χ4v) is 1.24. The topological polar surface area (TPSA) is 46.2 Å². The molecule has 3 heteroatoms. The summed E-state index contributed by atoms with van der Waals surface area (Å²) >= 11 is 5.67. The first kappa shape index (κ1) is 10.4. The molecule has 0 saturated heterocycles. The van der Waals surface area contributed by atoms with Crippen molar-refractivity contribution in [1.29, 1.82) is 0 Å². The molecule has 0 aliphatic rings. The van der Waals surface area contributed by atoms with Gasteiger partial charge in [-0.05, 0) is 23.6 Å². The molecule has 1 rings (SSSR count). The van der Waals surface area contributed by atoms with Gasteiger partial charge in [0.15, 0.2) is 0 Å². The number of benzene rings is 1. The van der Waals surface area contributed by atoms with Gasteiger partial charge in [0.25, 0.3) is 0 Å². The zero-order valence-corrected chi connectivity index (χ0v) is 8.55. The van der Waals surface area contributed by atoms with E-state index in [1.54, 1.807) is 12.1 Å². The molecule has 0 radical (unpaired) electrons. The van der Waals surface area contributed by atoms with Crippen LogP contribution < -0.4 is 5.73 Å². The van der Waals surface area contributed by atoms with Crippen molar-refractivity contribution in [2.24, 2.45) is 11.7 Å². The van der Waals surface area contributed by atoms with Crippen LogP contribution in [0.1, 0.15) is 25.5 Å². The Bertz CT molecular complexity index is 299.